The van der Waals surface area contributed by atoms with Crippen molar-refractivity contribution in [3.05, 3.63) is 17.6 Å². The minimum Gasteiger partial charge on any atom is -0.388 e. The van der Waals surface area contributed by atoms with Gasteiger partial charge >= 0.3 is 0 Å². The normalized spacial score (nSPS) is 12.7. The molecule has 0 aliphatic heterocycles. The highest BCUT2D eigenvalue weighted by Crippen LogP contribution is 2.25. The Morgan fingerprint density at radius 3 is 2.12 bits per heavy atom. The van der Waals surface area contributed by atoms with Crippen LogP contribution in [0.1, 0.15) is 39.2 Å². The maximum atomic E-state index is 10.0. The summed E-state index contributed by atoms with van der Waals surface area (Å²) in [6.45, 7) is 11.2. The van der Waals surface area contributed by atoms with Crippen LogP contribution in [-0.4, -0.2) is 26.2 Å². The van der Waals surface area contributed by atoms with E-state index in [1.807, 2.05) is 33.8 Å². The lowest BCUT2D eigenvalue weighted by Crippen LogP contribution is -2.51. The first-order valence-electron chi connectivity index (χ1n) is 5.45. The molecule has 1 aromatic heterocycles. The minimum atomic E-state index is -0.834. The van der Waals surface area contributed by atoms with Crippen molar-refractivity contribution in [1.29, 1.82) is 0 Å². The fraction of sp³-hybridized carbons (Fsp3) is 0.667. The summed E-state index contributed by atoms with van der Waals surface area (Å²) >= 11 is 0. The molecule has 16 heavy (non-hydrogen) atoms. The minimum absolute atomic E-state index is 0.458. The number of nitrogens with one attached hydrogen (secondary N) is 1. The fourth-order valence-corrected chi connectivity index (χ4v) is 1.25. The Hall–Kier alpha value is -1.16. The van der Waals surface area contributed by atoms with Crippen LogP contribution in [0.15, 0.2) is 6.07 Å². The van der Waals surface area contributed by atoms with E-state index in [0.717, 1.165) is 17.3 Å². The van der Waals surface area contributed by atoms with E-state index < -0.39 is 11.1 Å². The molecule has 1 heterocycles. The van der Waals surface area contributed by atoms with Gasteiger partial charge in [0.25, 0.3) is 0 Å². The molecular weight excluding hydrogens is 202 g/mol. The molecule has 4 heteroatoms. The second kappa shape index (κ2) is 4.01. The first-order chi connectivity index (χ1) is 7.12. The van der Waals surface area contributed by atoms with E-state index >= 15 is 0 Å². The number of aryl methyl sites for hydroxylation is 2. The number of nitrogens with zero attached hydrogens (tertiary/aromatic N) is 2. The Balaban J connectivity index is 2.96. The second-order valence-corrected chi connectivity index (χ2v) is 5.25. The summed E-state index contributed by atoms with van der Waals surface area (Å²) in [5, 5.41) is 13.3. The van der Waals surface area contributed by atoms with Crippen LogP contribution in [0.5, 0.6) is 0 Å². The van der Waals surface area contributed by atoms with Crippen molar-refractivity contribution in [2.24, 2.45) is 0 Å². The van der Waals surface area contributed by atoms with Crippen molar-refractivity contribution in [2.75, 3.05) is 5.32 Å². The van der Waals surface area contributed by atoms with E-state index in [4.69, 9.17) is 0 Å². The zero-order valence-electron chi connectivity index (χ0n) is 10.9. The average molecular weight is 223 g/mol. The summed E-state index contributed by atoms with van der Waals surface area (Å²) in [4.78, 5) is 8.51. The van der Waals surface area contributed by atoms with Crippen LogP contribution in [0, 0.1) is 13.8 Å². The number of anilines is 1. The third kappa shape index (κ3) is 2.92. The fourth-order valence-electron chi connectivity index (χ4n) is 1.25. The predicted molar refractivity (Wildman–Crippen MR) is 65.5 cm³/mol. The van der Waals surface area contributed by atoms with Gasteiger partial charge in [-0.05, 0) is 41.5 Å². The van der Waals surface area contributed by atoms with Gasteiger partial charge in [-0.2, -0.15) is 0 Å². The number of rotatable bonds is 3. The van der Waals surface area contributed by atoms with Crippen LogP contribution in [0.3, 0.4) is 0 Å². The van der Waals surface area contributed by atoms with Crippen LogP contribution in [0.25, 0.3) is 0 Å². The molecule has 0 saturated heterocycles. The maximum absolute atomic E-state index is 10.0. The Labute approximate surface area is 97.1 Å². The largest absolute Gasteiger partial charge is 0.388 e. The van der Waals surface area contributed by atoms with Crippen LogP contribution < -0.4 is 5.32 Å². The van der Waals surface area contributed by atoms with E-state index in [1.54, 1.807) is 13.8 Å². The van der Waals surface area contributed by atoms with Crippen molar-refractivity contribution in [3.8, 4) is 0 Å². The summed E-state index contributed by atoms with van der Waals surface area (Å²) < 4.78 is 0. The summed E-state index contributed by atoms with van der Waals surface area (Å²) in [5.74, 6) is 1.48. The van der Waals surface area contributed by atoms with Gasteiger partial charge in [0.2, 0.25) is 0 Å². The molecule has 0 aliphatic carbocycles. The van der Waals surface area contributed by atoms with Crippen LogP contribution in [0.2, 0.25) is 0 Å². The lowest BCUT2D eigenvalue weighted by Gasteiger charge is -2.38. The van der Waals surface area contributed by atoms with E-state index in [0.29, 0.717) is 0 Å². The molecule has 0 amide bonds. The zero-order chi connectivity index (χ0) is 12.6. The topological polar surface area (TPSA) is 58.0 Å². The second-order valence-electron chi connectivity index (χ2n) is 5.25. The number of aliphatic hydroxyl groups is 1. The highest BCUT2D eigenvalue weighted by Gasteiger charge is 2.35. The van der Waals surface area contributed by atoms with Gasteiger partial charge in [-0.3, -0.25) is 0 Å². The highest BCUT2D eigenvalue weighted by atomic mass is 16.3. The average Bonchev–Trinajstić information content (AvgIpc) is 1.97. The zero-order valence-corrected chi connectivity index (χ0v) is 10.9. The monoisotopic (exact) mass is 223 g/mol. The van der Waals surface area contributed by atoms with Crippen molar-refractivity contribution < 1.29 is 5.11 Å². The lowest BCUT2D eigenvalue weighted by atomic mass is 9.86. The van der Waals surface area contributed by atoms with Gasteiger partial charge in [0, 0.05) is 11.8 Å². The van der Waals surface area contributed by atoms with Gasteiger partial charge in [0.05, 0.1) is 11.1 Å². The molecular formula is C12H21N3O. The molecule has 0 atom stereocenters. The molecule has 0 fully saturated rings. The highest BCUT2D eigenvalue weighted by molar-refractivity contribution is 5.39. The summed E-state index contributed by atoms with van der Waals surface area (Å²) in [6, 6.07) is 1.88. The smallest absolute Gasteiger partial charge is 0.130 e. The van der Waals surface area contributed by atoms with E-state index in [1.165, 1.54) is 0 Å². The molecule has 0 saturated carbocycles. The predicted octanol–water partition coefficient (Wildman–Crippen LogP) is 2.05. The van der Waals surface area contributed by atoms with Crippen LogP contribution in [-0.2, 0) is 0 Å². The molecule has 0 bridgehead atoms. The Kier molecular flexibility index (Phi) is 3.24. The molecule has 0 spiro atoms. The number of hydrogen-bond acceptors (Lipinski definition) is 4. The molecule has 90 valence electrons. The number of hydrogen-bond donors (Lipinski definition) is 2. The summed E-state index contributed by atoms with van der Waals surface area (Å²) in [7, 11) is 0. The maximum Gasteiger partial charge on any atom is 0.130 e. The van der Waals surface area contributed by atoms with Gasteiger partial charge in [-0.15, -0.1) is 0 Å². The molecule has 1 rings (SSSR count). The molecule has 2 N–H and O–H groups in total. The Morgan fingerprint density at radius 2 is 1.69 bits per heavy atom. The SMILES string of the molecule is Cc1cc(NC(C)(C)C(C)(C)O)nc(C)n1. The van der Waals surface area contributed by atoms with Gasteiger partial charge in [0.1, 0.15) is 11.6 Å². The molecule has 0 radical (unpaired) electrons. The first-order valence-corrected chi connectivity index (χ1v) is 5.45. The van der Waals surface area contributed by atoms with Crippen molar-refractivity contribution in [1.82, 2.24) is 9.97 Å². The summed E-state index contributed by atoms with van der Waals surface area (Å²) in [5.41, 5.74) is -0.374. The van der Waals surface area contributed by atoms with Crippen molar-refractivity contribution >= 4 is 5.82 Å². The quantitative estimate of drug-likeness (QED) is 0.823. The summed E-state index contributed by atoms with van der Waals surface area (Å²) in [6.07, 6.45) is 0. The first kappa shape index (κ1) is 12.9. The van der Waals surface area contributed by atoms with Crippen LogP contribution >= 0.6 is 0 Å². The van der Waals surface area contributed by atoms with E-state index in [9.17, 15) is 5.11 Å². The van der Waals surface area contributed by atoms with Gasteiger partial charge in [-0.25, -0.2) is 9.97 Å². The van der Waals surface area contributed by atoms with Gasteiger partial charge < -0.3 is 10.4 Å². The van der Waals surface area contributed by atoms with Crippen molar-refractivity contribution in [2.45, 2.75) is 52.7 Å². The van der Waals surface area contributed by atoms with Crippen LogP contribution in [0.4, 0.5) is 5.82 Å². The Bertz CT molecular complexity index is 360. The van der Waals surface area contributed by atoms with Gasteiger partial charge in [0.15, 0.2) is 0 Å². The lowest BCUT2D eigenvalue weighted by molar-refractivity contribution is 0.0238. The molecule has 0 unspecified atom stereocenters. The van der Waals surface area contributed by atoms with E-state index in [-0.39, 0.29) is 0 Å². The van der Waals surface area contributed by atoms with E-state index in [2.05, 4.69) is 15.3 Å². The molecule has 1 aromatic rings. The van der Waals surface area contributed by atoms with Gasteiger partial charge in [-0.1, -0.05) is 0 Å². The number of aromatic nitrogens is 2. The third-order valence-corrected chi connectivity index (χ3v) is 2.94. The molecule has 0 aromatic carbocycles. The molecule has 4 nitrogen and oxygen atoms in total. The standard InChI is InChI=1S/C12H21N3O/c1-8-7-10(14-9(2)13-8)15-11(3,4)12(5,6)16/h7,16H,1-6H3,(H,13,14,15). The third-order valence-electron chi connectivity index (χ3n) is 2.94. The Morgan fingerprint density at radius 1 is 1.12 bits per heavy atom. The molecule has 0 aliphatic rings. The van der Waals surface area contributed by atoms with Crippen molar-refractivity contribution in [3.63, 3.8) is 0 Å².